The molecular formula is C89H109N25O. The molecule has 115 heavy (non-hydrogen) atoms. The summed E-state index contributed by atoms with van der Waals surface area (Å²) in [5.41, 5.74) is 17.2. The highest BCUT2D eigenvalue weighted by Gasteiger charge is 2.30. The van der Waals surface area contributed by atoms with Gasteiger partial charge in [-0.15, -0.1) is 5.10 Å². The van der Waals surface area contributed by atoms with Gasteiger partial charge in [0, 0.05) is 144 Å². The van der Waals surface area contributed by atoms with Gasteiger partial charge in [-0.25, -0.2) is 34.9 Å². The average molecular weight is 1550 g/mol. The number of H-pyrrole nitrogens is 1. The van der Waals surface area contributed by atoms with E-state index in [0.717, 1.165) is 184 Å². The van der Waals surface area contributed by atoms with Gasteiger partial charge in [0.25, 0.3) is 0 Å². The molecule has 24 rings (SSSR count). The lowest BCUT2D eigenvalue weighted by Gasteiger charge is -2.17. The van der Waals surface area contributed by atoms with Gasteiger partial charge in [-0.3, -0.25) is 9.97 Å². The quantitative estimate of drug-likeness (QED) is 0.0671. The molecule has 3 aromatic carbocycles. The second-order valence-corrected chi connectivity index (χ2v) is 28.9. The van der Waals surface area contributed by atoms with Crippen LogP contribution in [0.2, 0.25) is 0 Å². The van der Waals surface area contributed by atoms with Crippen LogP contribution in [-0.2, 0) is 57.9 Å². The third kappa shape index (κ3) is 25.9. The molecule has 2 bridgehead atoms. The van der Waals surface area contributed by atoms with Crippen LogP contribution < -0.4 is 58.5 Å². The van der Waals surface area contributed by atoms with Gasteiger partial charge in [0.15, 0.2) is 5.82 Å². The van der Waals surface area contributed by atoms with Crippen molar-refractivity contribution in [3.63, 3.8) is 0 Å². The predicted molar refractivity (Wildman–Crippen MR) is 463 cm³/mol. The van der Waals surface area contributed by atoms with Crippen molar-refractivity contribution < 1.29 is 4.42 Å². The summed E-state index contributed by atoms with van der Waals surface area (Å²) in [6, 6.07) is 47.5. The molecule has 0 spiro atoms. The number of fused-ring (bicyclic) bond motifs is 13. The van der Waals surface area contributed by atoms with E-state index in [9.17, 15) is 0 Å². The van der Waals surface area contributed by atoms with Crippen molar-refractivity contribution in [1.82, 2.24) is 81.1 Å². The van der Waals surface area contributed by atoms with E-state index in [-0.39, 0.29) is 0 Å². The molecular weight excluding hydrogens is 1440 g/mol. The average Bonchev–Trinajstić information content (AvgIpc) is 1.69. The zero-order valence-corrected chi connectivity index (χ0v) is 65.8. The zero-order chi connectivity index (χ0) is 78.2. The van der Waals surface area contributed by atoms with Gasteiger partial charge in [0.2, 0.25) is 0 Å². The number of piperidine rings is 1. The normalized spacial score (nSPS) is 16.7. The van der Waals surface area contributed by atoms with E-state index >= 15 is 0 Å². The lowest BCUT2D eigenvalue weighted by atomic mass is 10.0. The lowest BCUT2D eigenvalue weighted by Crippen LogP contribution is -2.23. The Hall–Kier alpha value is -12.3. The largest absolute Gasteiger partial charge is 0.464 e. The molecule has 13 aromatic rings. The highest BCUT2D eigenvalue weighted by Crippen LogP contribution is 2.30. The smallest absolute Gasteiger partial charge is 0.151 e. The van der Waals surface area contributed by atoms with Crippen molar-refractivity contribution in [2.75, 3.05) is 120 Å². The van der Waals surface area contributed by atoms with Crippen LogP contribution in [0.15, 0.2) is 219 Å². The van der Waals surface area contributed by atoms with Gasteiger partial charge in [-0.1, -0.05) is 72.8 Å². The molecule has 0 amide bonds. The van der Waals surface area contributed by atoms with Crippen LogP contribution in [0.1, 0.15) is 114 Å². The number of rotatable bonds is 0. The number of pyridine rings is 5. The van der Waals surface area contributed by atoms with Gasteiger partial charge in [0.05, 0.1) is 23.8 Å². The van der Waals surface area contributed by atoms with Crippen molar-refractivity contribution in [3.8, 4) is 0 Å². The molecule has 12 N–H and O–H groups in total. The highest BCUT2D eigenvalue weighted by atomic mass is 16.3. The van der Waals surface area contributed by atoms with Crippen LogP contribution in [0.5, 0.6) is 0 Å². The first-order valence-corrected chi connectivity index (χ1v) is 41.0. The van der Waals surface area contributed by atoms with Gasteiger partial charge in [-0.05, 0) is 240 Å². The molecule has 10 aromatic heterocycles. The van der Waals surface area contributed by atoms with Crippen LogP contribution in [0.25, 0.3) is 22.0 Å². The van der Waals surface area contributed by atoms with Crippen LogP contribution >= 0.6 is 0 Å². The number of hydrogen-bond donors (Lipinski definition) is 12. The summed E-state index contributed by atoms with van der Waals surface area (Å²) in [7, 11) is 0. The number of hydrogen-bond acceptors (Lipinski definition) is 25. The van der Waals surface area contributed by atoms with Gasteiger partial charge in [-0.2, -0.15) is 20.5 Å². The molecule has 0 radical (unpaired) electrons. The molecule has 2 unspecified atom stereocenters. The minimum absolute atomic E-state index is 0.914. The number of furan rings is 1. The number of aromatic amines is 1. The summed E-state index contributed by atoms with van der Waals surface area (Å²) in [6.07, 6.45) is 43.6. The SMILES string of the molecule is C1CC2CC1CN2.c1cc2c(cn1)CCCN2.c1cc2c(nn1)NCCC2.c1ccc2c(c1)CCNC2.c1ccc2n[nH]nc2c1.c1ccc2occc2c1.c1cnc2c(c1)CCCCN2.c1cnc2c(c1)CCCN2.c1cnc2c(c1)CCN2.c1cnc2c(c1)NCCN2.c1cnc2c(n1)CCCN2.c1ncc2c(n1)NCCC2. The van der Waals surface area contributed by atoms with Gasteiger partial charge >= 0.3 is 0 Å². The molecule has 1 saturated heterocycles. The van der Waals surface area contributed by atoms with Crippen molar-refractivity contribution in [2.45, 2.75) is 128 Å². The number of aromatic nitrogens is 14. The Morgan fingerprint density at radius 2 is 0.887 bits per heavy atom. The monoisotopic (exact) mass is 1540 g/mol. The molecule has 26 heteroatoms. The van der Waals surface area contributed by atoms with E-state index in [2.05, 4.69) is 171 Å². The van der Waals surface area contributed by atoms with Crippen LogP contribution in [-0.4, -0.2) is 148 Å². The lowest BCUT2D eigenvalue weighted by molar-refractivity contribution is 0.504. The summed E-state index contributed by atoms with van der Waals surface area (Å²) in [4.78, 5) is 37.2. The third-order valence-corrected chi connectivity index (χ3v) is 20.7. The number of aryl methyl sites for hydroxylation is 6. The van der Waals surface area contributed by atoms with Crippen molar-refractivity contribution in [2.24, 2.45) is 5.92 Å². The Morgan fingerprint density at radius 1 is 0.339 bits per heavy atom. The minimum Gasteiger partial charge on any atom is -0.464 e. The standard InChI is InChI=1S/C9H12N2.C9H11N.2C8H10N2.C8H6O.4C7H9N3.C7H8N2.C6H5N3.C6H11N/c1-2-6-10-9-8(4-1)5-3-7-11-9;1-2-4-9-7-10-6-5-8(9)3-1;1-3-7-4-2-6-10-8(7)9-5-1;1-2-7-6-9-5-3-8(7)10-4-1;1-2-4-8-7(3-1)5-6-9-8;1-2-6-3-5-9-10-7(6)8-4-1;1-2-6-4-8-5-10-7(6)9-3-1;2*1-2-6-7(9-3-1)10-5-4-8-6;1-2-6-3-5-9-7(6)8-4-1;1-2-4-6-5(3-1)7-9-8-6;1-2-6-3-5(1)4-7-6/h3,5,7H,1-2,4,6H2,(H,10,11);1-4,10H,5-7H2;1,3,5H,2,4,6H2,(H,9,10);3,5-6,10H,1-2,4H2;1-6H;3,5H,1-2,4H2,(H,8,10);4-5H,1-3H2,(H,8,9,10);4-5H,1-3H2,(H,9,10);1-3,8H,4-5H2,(H,9,10);1-2,4H,3,5H2,(H,8,9);1-4H,(H,7,8,9);5-7H,1-4H2. The van der Waals surface area contributed by atoms with E-state index in [4.69, 9.17) is 4.42 Å². The Bertz CT molecular complexity index is 4130. The molecule has 2 atom stereocenters. The van der Waals surface area contributed by atoms with E-state index in [1.165, 1.54) is 147 Å². The summed E-state index contributed by atoms with van der Waals surface area (Å²) in [6.45, 7) is 12.9. The van der Waals surface area contributed by atoms with Gasteiger partial charge in [0.1, 0.15) is 57.9 Å². The fraction of sp³-hybridized carbons (Fsp3) is 0.360. The number of anilines is 9. The summed E-state index contributed by atoms with van der Waals surface area (Å²) >= 11 is 0. The second kappa shape index (κ2) is 45.4. The molecule has 26 nitrogen and oxygen atoms in total. The van der Waals surface area contributed by atoms with E-state index in [0.29, 0.717) is 0 Å². The number of para-hydroxylation sites is 3. The Morgan fingerprint density at radius 3 is 1.55 bits per heavy atom. The first-order chi connectivity index (χ1) is 57.1. The summed E-state index contributed by atoms with van der Waals surface area (Å²) in [5.74, 6) is 8.21. The maximum absolute atomic E-state index is 5.12. The molecule has 11 aliphatic rings. The van der Waals surface area contributed by atoms with Crippen LogP contribution in [0.4, 0.5) is 52.1 Å². The molecule has 20 heterocycles. The topological polar surface area (TPSA) is 329 Å². The van der Waals surface area contributed by atoms with Crippen molar-refractivity contribution >= 4 is 74.1 Å². The fourth-order valence-corrected chi connectivity index (χ4v) is 14.6. The zero-order valence-electron chi connectivity index (χ0n) is 65.8. The van der Waals surface area contributed by atoms with Crippen molar-refractivity contribution in [1.29, 1.82) is 0 Å². The third-order valence-electron chi connectivity index (χ3n) is 20.7. The summed E-state index contributed by atoms with van der Waals surface area (Å²) < 4.78 is 5.12. The Kier molecular flexibility index (Phi) is 31.9. The fourth-order valence-electron chi connectivity index (χ4n) is 14.6. The predicted octanol–water partition coefficient (Wildman–Crippen LogP) is 14.7. The first kappa shape index (κ1) is 80.7. The molecule has 2 fully saturated rings. The maximum atomic E-state index is 5.12. The number of nitrogens with zero attached hydrogens (tertiary/aromatic N) is 13. The second-order valence-electron chi connectivity index (χ2n) is 28.9. The first-order valence-electron chi connectivity index (χ1n) is 41.0. The Labute approximate surface area is 674 Å². The Balaban J connectivity index is 0.000000109. The van der Waals surface area contributed by atoms with Crippen LogP contribution in [0, 0.1) is 5.92 Å². The summed E-state index contributed by atoms with van der Waals surface area (Å²) in [5, 5.41) is 55.1. The van der Waals surface area contributed by atoms with Crippen LogP contribution in [0.3, 0.4) is 0 Å². The number of nitrogens with one attached hydrogen (secondary N) is 12. The minimum atomic E-state index is 0.914. The van der Waals surface area contributed by atoms with Gasteiger partial charge < -0.3 is 62.9 Å². The van der Waals surface area contributed by atoms with E-state index in [1.807, 2.05) is 134 Å². The molecule has 596 valence electrons. The van der Waals surface area contributed by atoms with Crippen molar-refractivity contribution in [3.05, 3.63) is 264 Å². The maximum Gasteiger partial charge on any atom is 0.151 e. The molecule has 1 aliphatic carbocycles. The molecule has 1 saturated carbocycles. The van der Waals surface area contributed by atoms with E-state index < -0.39 is 0 Å². The highest BCUT2D eigenvalue weighted by molar-refractivity contribution is 5.76. The van der Waals surface area contributed by atoms with E-state index in [1.54, 1.807) is 37.4 Å². The number of benzene rings is 3. The molecule has 10 aliphatic heterocycles.